The van der Waals surface area contributed by atoms with Crippen molar-refractivity contribution in [2.75, 3.05) is 26.5 Å². The van der Waals surface area contributed by atoms with Gasteiger partial charge in [0.15, 0.2) is 0 Å². The molecule has 0 bridgehead atoms. The minimum atomic E-state index is 0.231. The molecule has 1 atom stereocenters. The summed E-state index contributed by atoms with van der Waals surface area (Å²) in [5.41, 5.74) is 1.21. The van der Waals surface area contributed by atoms with Crippen molar-refractivity contribution in [1.82, 2.24) is 5.32 Å². The molecule has 4 heteroatoms. The van der Waals surface area contributed by atoms with Crippen LogP contribution < -0.4 is 10.1 Å². The molecule has 3 nitrogen and oxygen atoms in total. The maximum atomic E-state index is 8.74. The maximum absolute atomic E-state index is 8.74. The zero-order valence-electron chi connectivity index (χ0n) is 10.7. The van der Waals surface area contributed by atoms with Gasteiger partial charge in [-0.15, -0.1) is 11.8 Å². The van der Waals surface area contributed by atoms with Gasteiger partial charge in [0.2, 0.25) is 0 Å². The van der Waals surface area contributed by atoms with Gasteiger partial charge in [-0.2, -0.15) is 0 Å². The highest BCUT2D eigenvalue weighted by Gasteiger charge is 2.08. The van der Waals surface area contributed by atoms with Crippen LogP contribution in [0.3, 0.4) is 0 Å². The molecule has 0 aliphatic carbocycles. The fourth-order valence-electron chi connectivity index (χ4n) is 1.64. The van der Waals surface area contributed by atoms with Crippen LogP contribution in [0, 0.1) is 0 Å². The summed E-state index contributed by atoms with van der Waals surface area (Å²) in [4.78, 5) is 1.15. The molecular weight excluding hydrogens is 234 g/mol. The van der Waals surface area contributed by atoms with E-state index in [0.717, 1.165) is 23.6 Å². The van der Waals surface area contributed by atoms with Crippen LogP contribution in [0.1, 0.15) is 24.9 Å². The fourth-order valence-corrected chi connectivity index (χ4v) is 2.19. The van der Waals surface area contributed by atoms with Gasteiger partial charge in [0.1, 0.15) is 5.75 Å². The number of benzene rings is 1. The highest BCUT2D eigenvalue weighted by molar-refractivity contribution is 7.98. The molecule has 0 aromatic heterocycles. The van der Waals surface area contributed by atoms with Crippen LogP contribution in [0.25, 0.3) is 0 Å². The Morgan fingerprint density at radius 2 is 2.24 bits per heavy atom. The van der Waals surface area contributed by atoms with E-state index in [1.165, 1.54) is 5.56 Å². The number of methoxy groups -OCH3 is 1. The molecule has 96 valence electrons. The highest BCUT2D eigenvalue weighted by atomic mass is 32.2. The smallest absolute Gasteiger partial charge is 0.132 e. The van der Waals surface area contributed by atoms with Gasteiger partial charge in [0.05, 0.1) is 7.11 Å². The van der Waals surface area contributed by atoms with Crippen LogP contribution in [-0.4, -0.2) is 31.6 Å². The van der Waals surface area contributed by atoms with Gasteiger partial charge in [0, 0.05) is 17.5 Å². The monoisotopic (exact) mass is 255 g/mol. The Hall–Kier alpha value is -0.710. The van der Waals surface area contributed by atoms with E-state index in [9.17, 15) is 0 Å². The van der Waals surface area contributed by atoms with Crippen LogP contribution in [0.4, 0.5) is 0 Å². The van der Waals surface area contributed by atoms with Crippen LogP contribution in [0.15, 0.2) is 23.1 Å². The molecule has 2 N–H and O–H groups in total. The van der Waals surface area contributed by atoms with Crippen molar-refractivity contribution >= 4 is 11.8 Å². The first-order chi connectivity index (χ1) is 8.22. The summed E-state index contributed by atoms with van der Waals surface area (Å²) in [5.74, 6) is 0.922. The van der Waals surface area contributed by atoms with Crippen LogP contribution >= 0.6 is 11.8 Å². The standard InChI is InChI=1S/C13H21NO2S/c1-10(14-7-4-8-15)11-5-6-13(17-3)12(9-11)16-2/h5-6,9-10,14-15H,4,7-8H2,1-3H3. The Labute approximate surface area is 108 Å². The van der Waals surface area contributed by atoms with Gasteiger partial charge in [-0.1, -0.05) is 6.07 Å². The number of hydrogen-bond donors (Lipinski definition) is 2. The third-order valence-corrected chi connectivity index (χ3v) is 3.47. The third kappa shape index (κ3) is 4.22. The van der Waals surface area contributed by atoms with Gasteiger partial charge in [0.25, 0.3) is 0 Å². The van der Waals surface area contributed by atoms with Crippen molar-refractivity contribution in [3.8, 4) is 5.75 Å². The largest absolute Gasteiger partial charge is 0.496 e. The van der Waals surface area contributed by atoms with E-state index in [1.54, 1.807) is 18.9 Å². The van der Waals surface area contributed by atoms with E-state index in [2.05, 4.69) is 30.4 Å². The topological polar surface area (TPSA) is 41.5 Å². The van der Waals surface area contributed by atoms with E-state index >= 15 is 0 Å². The van der Waals surface area contributed by atoms with Gasteiger partial charge in [-0.25, -0.2) is 0 Å². The molecule has 0 saturated carbocycles. The lowest BCUT2D eigenvalue weighted by atomic mass is 10.1. The molecule has 1 unspecified atom stereocenters. The first kappa shape index (κ1) is 14.4. The number of rotatable bonds is 7. The summed E-state index contributed by atoms with van der Waals surface area (Å²) < 4.78 is 5.36. The lowest BCUT2D eigenvalue weighted by Gasteiger charge is -2.16. The average molecular weight is 255 g/mol. The van der Waals surface area contributed by atoms with Crippen molar-refractivity contribution in [1.29, 1.82) is 0 Å². The lowest BCUT2D eigenvalue weighted by molar-refractivity contribution is 0.284. The summed E-state index contributed by atoms with van der Waals surface area (Å²) in [6.07, 6.45) is 2.82. The minimum absolute atomic E-state index is 0.231. The Balaban J connectivity index is 2.70. The van der Waals surface area contributed by atoms with Gasteiger partial charge in [-0.3, -0.25) is 0 Å². The van der Waals surface area contributed by atoms with Crippen molar-refractivity contribution in [3.63, 3.8) is 0 Å². The Morgan fingerprint density at radius 3 is 2.82 bits per heavy atom. The second-order valence-corrected chi connectivity index (χ2v) is 4.72. The van der Waals surface area contributed by atoms with E-state index in [4.69, 9.17) is 9.84 Å². The van der Waals surface area contributed by atoms with Crippen molar-refractivity contribution in [2.45, 2.75) is 24.3 Å². The van der Waals surface area contributed by atoms with Gasteiger partial charge < -0.3 is 15.2 Å². The lowest BCUT2D eigenvalue weighted by Crippen LogP contribution is -2.20. The second-order valence-electron chi connectivity index (χ2n) is 3.87. The predicted octanol–water partition coefficient (Wildman–Crippen LogP) is 2.45. The summed E-state index contributed by atoms with van der Waals surface area (Å²) in [5, 5.41) is 12.1. The summed E-state index contributed by atoms with van der Waals surface area (Å²) in [7, 11) is 1.70. The molecule has 0 radical (unpaired) electrons. The van der Waals surface area contributed by atoms with Crippen LogP contribution in [-0.2, 0) is 0 Å². The zero-order valence-corrected chi connectivity index (χ0v) is 11.5. The highest BCUT2D eigenvalue weighted by Crippen LogP contribution is 2.30. The molecule has 0 aliphatic rings. The molecule has 1 aromatic carbocycles. The number of aliphatic hydroxyl groups excluding tert-OH is 1. The van der Waals surface area contributed by atoms with Gasteiger partial charge in [-0.05, 0) is 43.8 Å². The molecule has 0 fully saturated rings. The maximum Gasteiger partial charge on any atom is 0.132 e. The van der Waals surface area contributed by atoms with Gasteiger partial charge >= 0.3 is 0 Å². The molecule has 17 heavy (non-hydrogen) atoms. The van der Waals surface area contributed by atoms with Crippen molar-refractivity contribution < 1.29 is 9.84 Å². The average Bonchev–Trinajstić information content (AvgIpc) is 2.38. The van der Waals surface area contributed by atoms with E-state index < -0.39 is 0 Å². The van der Waals surface area contributed by atoms with Crippen molar-refractivity contribution in [2.24, 2.45) is 0 Å². The van der Waals surface area contributed by atoms with Crippen molar-refractivity contribution in [3.05, 3.63) is 23.8 Å². The Bertz CT molecular complexity index is 344. The first-order valence-electron chi connectivity index (χ1n) is 5.79. The zero-order chi connectivity index (χ0) is 12.7. The fraction of sp³-hybridized carbons (Fsp3) is 0.538. The Kier molecular flexibility index (Phi) is 6.40. The number of nitrogens with one attached hydrogen (secondary N) is 1. The molecule has 0 saturated heterocycles. The summed E-state index contributed by atoms with van der Waals surface area (Å²) in [6.45, 7) is 3.17. The second kappa shape index (κ2) is 7.58. The third-order valence-electron chi connectivity index (χ3n) is 2.69. The predicted molar refractivity (Wildman–Crippen MR) is 72.9 cm³/mol. The van der Waals surface area contributed by atoms with Crippen LogP contribution in [0.5, 0.6) is 5.75 Å². The normalized spacial score (nSPS) is 12.5. The number of ether oxygens (including phenoxy) is 1. The molecule has 1 rings (SSSR count). The summed E-state index contributed by atoms with van der Waals surface area (Å²) >= 11 is 1.68. The minimum Gasteiger partial charge on any atom is -0.496 e. The molecule has 0 aliphatic heterocycles. The molecule has 1 aromatic rings. The summed E-state index contributed by atoms with van der Waals surface area (Å²) in [6, 6.07) is 6.54. The van der Waals surface area contributed by atoms with E-state index in [1.807, 2.05) is 6.26 Å². The SMILES string of the molecule is COc1cc(C(C)NCCCO)ccc1SC. The molecular formula is C13H21NO2S. The number of hydrogen-bond acceptors (Lipinski definition) is 4. The number of thioether (sulfide) groups is 1. The molecule has 0 heterocycles. The van der Waals surface area contributed by atoms with E-state index in [0.29, 0.717) is 0 Å². The first-order valence-corrected chi connectivity index (χ1v) is 7.01. The van der Waals surface area contributed by atoms with Crippen LogP contribution in [0.2, 0.25) is 0 Å². The number of aliphatic hydroxyl groups is 1. The quantitative estimate of drug-likeness (QED) is 0.580. The molecule has 0 spiro atoms. The van der Waals surface area contributed by atoms with E-state index in [-0.39, 0.29) is 12.6 Å². The molecule has 0 amide bonds. The Morgan fingerprint density at radius 1 is 1.47 bits per heavy atom.